The van der Waals surface area contributed by atoms with Gasteiger partial charge >= 0.3 is 0 Å². The van der Waals surface area contributed by atoms with E-state index in [0.717, 1.165) is 11.3 Å². The van der Waals surface area contributed by atoms with Crippen LogP contribution < -0.4 is 10.6 Å². The van der Waals surface area contributed by atoms with Gasteiger partial charge in [-0.05, 0) is 19.1 Å². The standard InChI is InChI=1S/C12H16N4O/c1-9(12(17)13-2)14-7-10-8-16-6-4-3-5-11(16)15-10/h3-6,8-9,14H,7H2,1-2H3,(H,13,17). The Hall–Kier alpha value is -1.88. The van der Waals surface area contributed by atoms with E-state index >= 15 is 0 Å². The molecular formula is C12H16N4O. The molecule has 0 aliphatic heterocycles. The first-order chi connectivity index (χ1) is 8.20. The summed E-state index contributed by atoms with van der Waals surface area (Å²) in [7, 11) is 1.63. The maximum atomic E-state index is 11.3. The molecule has 1 atom stereocenters. The number of nitrogens with zero attached hydrogens (tertiary/aromatic N) is 2. The zero-order valence-electron chi connectivity index (χ0n) is 9.97. The topological polar surface area (TPSA) is 58.4 Å². The Morgan fingerprint density at radius 2 is 2.35 bits per heavy atom. The summed E-state index contributed by atoms with van der Waals surface area (Å²) in [5, 5.41) is 5.72. The molecule has 2 aromatic heterocycles. The average molecular weight is 232 g/mol. The summed E-state index contributed by atoms with van der Waals surface area (Å²) in [4.78, 5) is 15.7. The predicted octanol–water partition coefficient (Wildman–Crippen LogP) is 0.558. The van der Waals surface area contributed by atoms with E-state index in [1.165, 1.54) is 0 Å². The van der Waals surface area contributed by atoms with Crippen molar-refractivity contribution in [2.24, 2.45) is 0 Å². The molecule has 0 saturated heterocycles. The fraction of sp³-hybridized carbons (Fsp3) is 0.333. The first kappa shape index (κ1) is 11.6. The van der Waals surface area contributed by atoms with Crippen molar-refractivity contribution in [2.75, 3.05) is 7.05 Å². The summed E-state index contributed by atoms with van der Waals surface area (Å²) in [5.41, 5.74) is 1.84. The molecule has 1 unspecified atom stereocenters. The van der Waals surface area contributed by atoms with Gasteiger partial charge in [0.2, 0.25) is 5.91 Å². The molecule has 2 aromatic rings. The van der Waals surface area contributed by atoms with Gasteiger partial charge in [0, 0.05) is 26.0 Å². The highest BCUT2D eigenvalue weighted by Gasteiger charge is 2.10. The van der Waals surface area contributed by atoms with Crippen molar-refractivity contribution in [3.8, 4) is 0 Å². The number of aromatic nitrogens is 2. The number of carbonyl (C=O) groups excluding carboxylic acids is 1. The van der Waals surface area contributed by atoms with Crippen LogP contribution in [0.5, 0.6) is 0 Å². The predicted molar refractivity (Wildman–Crippen MR) is 65.6 cm³/mol. The Labute approximate surface area is 99.9 Å². The van der Waals surface area contributed by atoms with Crippen molar-refractivity contribution in [1.82, 2.24) is 20.0 Å². The van der Waals surface area contributed by atoms with Gasteiger partial charge in [-0.1, -0.05) is 6.07 Å². The van der Waals surface area contributed by atoms with E-state index in [0.29, 0.717) is 6.54 Å². The van der Waals surface area contributed by atoms with Crippen molar-refractivity contribution in [3.63, 3.8) is 0 Å². The largest absolute Gasteiger partial charge is 0.358 e. The molecule has 0 aliphatic carbocycles. The van der Waals surface area contributed by atoms with Gasteiger partial charge in [-0.25, -0.2) is 4.98 Å². The van der Waals surface area contributed by atoms with Crippen molar-refractivity contribution in [2.45, 2.75) is 19.5 Å². The summed E-state index contributed by atoms with van der Waals surface area (Å²) >= 11 is 0. The van der Waals surface area contributed by atoms with Gasteiger partial charge < -0.3 is 15.0 Å². The van der Waals surface area contributed by atoms with Gasteiger partial charge in [-0.15, -0.1) is 0 Å². The van der Waals surface area contributed by atoms with E-state index < -0.39 is 0 Å². The van der Waals surface area contributed by atoms with Crippen LogP contribution in [0.25, 0.3) is 5.65 Å². The monoisotopic (exact) mass is 232 g/mol. The van der Waals surface area contributed by atoms with Crippen LogP contribution >= 0.6 is 0 Å². The highest BCUT2D eigenvalue weighted by Crippen LogP contribution is 2.04. The van der Waals surface area contributed by atoms with Gasteiger partial charge in [0.05, 0.1) is 11.7 Å². The van der Waals surface area contributed by atoms with Crippen molar-refractivity contribution in [1.29, 1.82) is 0 Å². The molecule has 0 fully saturated rings. The van der Waals surface area contributed by atoms with Gasteiger partial charge in [0.25, 0.3) is 0 Å². The lowest BCUT2D eigenvalue weighted by Gasteiger charge is -2.10. The zero-order chi connectivity index (χ0) is 12.3. The van der Waals surface area contributed by atoms with Crippen molar-refractivity contribution < 1.29 is 4.79 Å². The van der Waals surface area contributed by atoms with Crippen LogP contribution in [-0.4, -0.2) is 28.4 Å². The summed E-state index contributed by atoms with van der Waals surface area (Å²) < 4.78 is 1.96. The van der Waals surface area contributed by atoms with E-state index in [9.17, 15) is 4.79 Å². The van der Waals surface area contributed by atoms with E-state index in [2.05, 4.69) is 15.6 Å². The lowest BCUT2D eigenvalue weighted by atomic mass is 10.3. The highest BCUT2D eigenvalue weighted by atomic mass is 16.2. The molecule has 5 nitrogen and oxygen atoms in total. The molecule has 0 spiro atoms. The summed E-state index contributed by atoms with van der Waals surface area (Å²) in [5.74, 6) is -0.0197. The van der Waals surface area contributed by atoms with Crippen LogP contribution in [0.3, 0.4) is 0 Å². The fourth-order valence-corrected chi connectivity index (χ4v) is 1.64. The van der Waals surface area contributed by atoms with Crippen LogP contribution in [0.15, 0.2) is 30.6 Å². The Bertz CT molecular complexity index is 487. The first-order valence-electron chi connectivity index (χ1n) is 5.58. The molecule has 0 aromatic carbocycles. The number of pyridine rings is 1. The van der Waals surface area contributed by atoms with Crippen LogP contribution in [0, 0.1) is 0 Å². The molecule has 2 rings (SSSR count). The number of imidazole rings is 1. The molecule has 2 N–H and O–H groups in total. The van der Waals surface area contributed by atoms with Crippen LogP contribution in [0.4, 0.5) is 0 Å². The first-order valence-corrected chi connectivity index (χ1v) is 5.58. The molecular weight excluding hydrogens is 216 g/mol. The molecule has 17 heavy (non-hydrogen) atoms. The number of hydrogen-bond donors (Lipinski definition) is 2. The summed E-state index contributed by atoms with van der Waals surface area (Å²) in [6.45, 7) is 2.41. The second kappa shape index (κ2) is 4.97. The molecule has 90 valence electrons. The molecule has 0 radical (unpaired) electrons. The van der Waals surface area contributed by atoms with Crippen molar-refractivity contribution >= 4 is 11.6 Å². The maximum Gasteiger partial charge on any atom is 0.236 e. The van der Waals surface area contributed by atoms with E-state index in [4.69, 9.17) is 0 Å². The Balaban J connectivity index is 2.01. The third-order valence-electron chi connectivity index (χ3n) is 2.64. The number of amides is 1. The SMILES string of the molecule is CNC(=O)C(C)NCc1cn2ccccc2n1. The number of rotatable bonds is 4. The second-order valence-electron chi connectivity index (χ2n) is 3.92. The van der Waals surface area contributed by atoms with Crippen LogP contribution in [0.2, 0.25) is 0 Å². The van der Waals surface area contributed by atoms with Gasteiger partial charge in [0.15, 0.2) is 0 Å². The smallest absolute Gasteiger partial charge is 0.236 e. The number of likely N-dealkylation sites (N-methyl/N-ethyl adjacent to an activating group) is 1. The van der Waals surface area contributed by atoms with E-state index in [1.54, 1.807) is 7.05 Å². The lowest BCUT2D eigenvalue weighted by Crippen LogP contribution is -2.40. The Morgan fingerprint density at radius 3 is 3.06 bits per heavy atom. The maximum absolute atomic E-state index is 11.3. The van der Waals surface area contributed by atoms with Gasteiger partial charge in [-0.2, -0.15) is 0 Å². The minimum absolute atomic E-state index is 0.0197. The molecule has 0 saturated carbocycles. The minimum atomic E-state index is -0.218. The average Bonchev–Trinajstić information content (AvgIpc) is 2.77. The Morgan fingerprint density at radius 1 is 1.53 bits per heavy atom. The molecule has 2 heterocycles. The quantitative estimate of drug-likeness (QED) is 0.809. The van der Waals surface area contributed by atoms with Gasteiger partial charge in [-0.3, -0.25) is 4.79 Å². The van der Waals surface area contributed by atoms with E-state index in [1.807, 2.05) is 41.9 Å². The summed E-state index contributed by atoms with van der Waals surface area (Å²) in [6.07, 6.45) is 3.91. The zero-order valence-corrected chi connectivity index (χ0v) is 9.97. The molecule has 5 heteroatoms. The second-order valence-corrected chi connectivity index (χ2v) is 3.92. The number of nitrogens with one attached hydrogen (secondary N) is 2. The lowest BCUT2D eigenvalue weighted by molar-refractivity contribution is -0.122. The fourth-order valence-electron chi connectivity index (χ4n) is 1.64. The van der Waals surface area contributed by atoms with E-state index in [-0.39, 0.29) is 11.9 Å². The number of carbonyl (C=O) groups is 1. The normalized spacial score (nSPS) is 12.6. The minimum Gasteiger partial charge on any atom is -0.358 e. The molecule has 0 aliphatic rings. The van der Waals surface area contributed by atoms with Gasteiger partial charge in [0.1, 0.15) is 5.65 Å². The van der Waals surface area contributed by atoms with Crippen LogP contribution in [-0.2, 0) is 11.3 Å². The van der Waals surface area contributed by atoms with Crippen LogP contribution in [0.1, 0.15) is 12.6 Å². The van der Waals surface area contributed by atoms with Crippen molar-refractivity contribution in [3.05, 3.63) is 36.3 Å². The Kier molecular flexibility index (Phi) is 3.39. The number of fused-ring (bicyclic) bond motifs is 1. The highest BCUT2D eigenvalue weighted by molar-refractivity contribution is 5.80. The third-order valence-corrected chi connectivity index (χ3v) is 2.64. The summed E-state index contributed by atoms with van der Waals surface area (Å²) in [6, 6.07) is 5.64. The number of hydrogen-bond acceptors (Lipinski definition) is 3. The molecule has 1 amide bonds. The third kappa shape index (κ3) is 2.62. The molecule has 0 bridgehead atoms.